The Morgan fingerprint density at radius 3 is 2.76 bits per heavy atom. The van der Waals surface area contributed by atoms with E-state index in [2.05, 4.69) is 72.9 Å². The van der Waals surface area contributed by atoms with Crippen molar-refractivity contribution in [2.75, 3.05) is 13.1 Å². The van der Waals surface area contributed by atoms with E-state index in [1.54, 1.807) is 0 Å². The van der Waals surface area contributed by atoms with Gasteiger partial charge in [0.15, 0.2) is 0 Å². The molecule has 1 aliphatic rings. The van der Waals surface area contributed by atoms with Crippen molar-refractivity contribution >= 4 is 16.9 Å². The molecular weight excluding hydrogens is 360 g/mol. The number of nitrogens with one attached hydrogen (secondary N) is 1. The molecule has 1 aliphatic heterocycles. The maximum atomic E-state index is 12.8. The Labute approximate surface area is 172 Å². The molecule has 2 atom stereocenters. The fourth-order valence-electron chi connectivity index (χ4n) is 4.36. The summed E-state index contributed by atoms with van der Waals surface area (Å²) in [7, 11) is 2.07. The normalized spacial score (nSPS) is 18.3. The topological polar surface area (TPSA) is 50.2 Å². The third-order valence-electron chi connectivity index (χ3n) is 6.24. The zero-order valence-electron chi connectivity index (χ0n) is 17.8. The van der Waals surface area contributed by atoms with E-state index >= 15 is 0 Å². The van der Waals surface area contributed by atoms with Gasteiger partial charge in [0.05, 0.1) is 29.7 Å². The summed E-state index contributed by atoms with van der Waals surface area (Å²) in [5, 5.41) is 3.18. The van der Waals surface area contributed by atoms with Crippen molar-refractivity contribution < 1.29 is 4.79 Å². The zero-order chi connectivity index (χ0) is 20.5. The first kappa shape index (κ1) is 19.6. The Hall–Kier alpha value is -2.66. The maximum Gasteiger partial charge on any atom is 0.234 e. The molecule has 0 unspecified atom stereocenters. The van der Waals surface area contributed by atoms with Crippen LogP contribution in [0.25, 0.3) is 11.0 Å². The van der Waals surface area contributed by atoms with Gasteiger partial charge in [-0.1, -0.05) is 30.3 Å². The number of carbonyl (C=O) groups is 1. The molecule has 0 spiro atoms. The van der Waals surface area contributed by atoms with Crippen molar-refractivity contribution in [3.63, 3.8) is 0 Å². The third kappa shape index (κ3) is 3.92. The number of amides is 1. The summed E-state index contributed by atoms with van der Waals surface area (Å²) in [6, 6.07) is 14.8. The van der Waals surface area contributed by atoms with Crippen molar-refractivity contribution in [2.24, 2.45) is 7.05 Å². The lowest BCUT2D eigenvalue weighted by Crippen LogP contribution is -2.38. The molecule has 0 radical (unpaired) electrons. The lowest BCUT2D eigenvalue weighted by Gasteiger charge is -2.24. The van der Waals surface area contributed by atoms with Crippen LogP contribution in [0.15, 0.2) is 42.5 Å². The molecule has 5 heteroatoms. The smallest absolute Gasteiger partial charge is 0.234 e. The van der Waals surface area contributed by atoms with Gasteiger partial charge in [-0.2, -0.15) is 0 Å². The van der Waals surface area contributed by atoms with Crippen LogP contribution >= 0.6 is 0 Å². The number of carbonyl (C=O) groups excluding carboxylic acids is 1. The van der Waals surface area contributed by atoms with E-state index in [1.165, 1.54) is 11.1 Å². The van der Waals surface area contributed by atoms with Crippen LogP contribution in [-0.2, 0) is 11.8 Å². The number of imidazole rings is 1. The predicted octanol–water partition coefficient (Wildman–Crippen LogP) is 4.20. The molecule has 3 aromatic rings. The summed E-state index contributed by atoms with van der Waals surface area (Å²) in [5.74, 6) is 1.13. The molecule has 0 bridgehead atoms. The highest BCUT2D eigenvalue weighted by atomic mass is 16.2. The second kappa shape index (κ2) is 7.99. The fourth-order valence-corrected chi connectivity index (χ4v) is 4.36. The summed E-state index contributed by atoms with van der Waals surface area (Å²) in [4.78, 5) is 19.9. The van der Waals surface area contributed by atoms with E-state index in [0.29, 0.717) is 6.54 Å². The van der Waals surface area contributed by atoms with Crippen LogP contribution in [0, 0.1) is 13.8 Å². The number of fused-ring (bicyclic) bond motifs is 1. The largest absolute Gasteiger partial charge is 0.348 e. The second-order valence-corrected chi connectivity index (χ2v) is 8.28. The van der Waals surface area contributed by atoms with E-state index < -0.39 is 0 Å². The predicted molar refractivity (Wildman–Crippen MR) is 117 cm³/mol. The van der Waals surface area contributed by atoms with Crippen molar-refractivity contribution in [3.05, 3.63) is 65.0 Å². The van der Waals surface area contributed by atoms with Crippen LogP contribution in [0.1, 0.15) is 54.4 Å². The van der Waals surface area contributed by atoms with Crippen LogP contribution in [-0.4, -0.2) is 33.4 Å². The van der Waals surface area contributed by atoms with Crippen molar-refractivity contribution in [1.82, 2.24) is 19.8 Å². The lowest BCUT2D eigenvalue weighted by molar-refractivity contribution is -0.123. The number of benzene rings is 2. The minimum absolute atomic E-state index is 0.00129. The number of nitrogens with zero attached hydrogens (tertiary/aromatic N) is 3. The van der Waals surface area contributed by atoms with Gasteiger partial charge in [-0.25, -0.2) is 4.98 Å². The molecule has 1 fully saturated rings. The Morgan fingerprint density at radius 1 is 1.21 bits per heavy atom. The van der Waals surface area contributed by atoms with Crippen LogP contribution in [0.4, 0.5) is 0 Å². The number of rotatable bonds is 5. The lowest BCUT2D eigenvalue weighted by atomic mass is 10.0. The van der Waals surface area contributed by atoms with Crippen LogP contribution in [0.3, 0.4) is 0 Å². The molecular formula is C24H30N4O. The van der Waals surface area contributed by atoms with Crippen molar-refractivity contribution in [2.45, 2.75) is 45.7 Å². The summed E-state index contributed by atoms with van der Waals surface area (Å²) in [6.45, 7) is 7.60. The molecule has 1 aromatic heterocycles. The molecule has 2 aromatic carbocycles. The van der Waals surface area contributed by atoms with Gasteiger partial charge in [0, 0.05) is 7.05 Å². The number of aryl methyl sites for hydroxylation is 3. The van der Waals surface area contributed by atoms with E-state index in [1.807, 2.05) is 12.1 Å². The van der Waals surface area contributed by atoms with Gasteiger partial charge in [-0.3, -0.25) is 9.69 Å². The minimum Gasteiger partial charge on any atom is -0.348 e. The van der Waals surface area contributed by atoms with Gasteiger partial charge in [0.1, 0.15) is 5.82 Å². The van der Waals surface area contributed by atoms with Crippen molar-refractivity contribution in [3.8, 4) is 0 Å². The Morgan fingerprint density at radius 2 is 2.00 bits per heavy atom. The Kier molecular flexibility index (Phi) is 5.41. The highest BCUT2D eigenvalue weighted by Crippen LogP contribution is 2.32. The molecule has 2 heterocycles. The molecule has 0 saturated carbocycles. The SMILES string of the molecule is Cc1ccc([C@H](C)NC(=O)CN2CCC[C@@H]2c2nc3ccccc3n2C)cc1C. The van der Waals surface area contributed by atoms with Crippen LogP contribution in [0.2, 0.25) is 0 Å². The quantitative estimate of drug-likeness (QED) is 0.710. The van der Waals surface area contributed by atoms with E-state index in [9.17, 15) is 4.79 Å². The zero-order valence-corrected chi connectivity index (χ0v) is 17.8. The van der Waals surface area contributed by atoms with Crippen LogP contribution in [0.5, 0.6) is 0 Å². The highest BCUT2D eigenvalue weighted by Gasteiger charge is 2.31. The molecule has 0 aliphatic carbocycles. The van der Waals surface area contributed by atoms with Crippen molar-refractivity contribution in [1.29, 1.82) is 0 Å². The van der Waals surface area contributed by atoms with E-state index in [-0.39, 0.29) is 18.0 Å². The molecule has 1 N–H and O–H groups in total. The first-order valence-electron chi connectivity index (χ1n) is 10.5. The molecule has 152 valence electrons. The number of hydrogen-bond donors (Lipinski definition) is 1. The minimum atomic E-state index is -0.00129. The van der Waals surface area contributed by atoms with Gasteiger partial charge in [0.25, 0.3) is 0 Å². The summed E-state index contributed by atoms with van der Waals surface area (Å²) < 4.78 is 2.17. The number of para-hydroxylation sites is 2. The van der Waals surface area contributed by atoms with Gasteiger partial charge in [-0.15, -0.1) is 0 Å². The van der Waals surface area contributed by atoms with Crippen LogP contribution < -0.4 is 5.32 Å². The van der Waals surface area contributed by atoms with E-state index in [4.69, 9.17) is 4.98 Å². The molecule has 29 heavy (non-hydrogen) atoms. The maximum absolute atomic E-state index is 12.8. The Balaban J connectivity index is 1.45. The van der Waals surface area contributed by atoms with E-state index in [0.717, 1.165) is 41.8 Å². The summed E-state index contributed by atoms with van der Waals surface area (Å²) in [6.07, 6.45) is 2.13. The van der Waals surface area contributed by atoms with Gasteiger partial charge in [-0.05, 0) is 69.0 Å². The fraction of sp³-hybridized carbons (Fsp3) is 0.417. The second-order valence-electron chi connectivity index (χ2n) is 8.28. The average Bonchev–Trinajstić information content (AvgIpc) is 3.28. The molecule has 1 saturated heterocycles. The Bertz CT molecular complexity index is 1040. The summed E-state index contributed by atoms with van der Waals surface area (Å²) >= 11 is 0. The molecule has 1 amide bonds. The molecule has 5 nitrogen and oxygen atoms in total. The highest BCUT2D eigenvalue weighted by molar-refractivity contribution is 5.79. The van der Waals surface area contributed by atoms with Gasteiger partial charge >= 0.3 is 0 Å². The average molecular weight is 391 g/mol. The number of hydrogen-bond acceptors (Lipinski definition) is 3. The molecule has 4 rings (SSSR count). The standard InChI is InChI=1S/C24H30N4O/c1-16-11-12-19(14-17(16)2)18(3)25-23(29)15-28-13-7-10-22(28)24-26-20-8-5-6-9-21(20)27(24)4/h5-6,8-9,11-12,14,18,22H,7,10,13,15H2,1-4H3,(H,25,29)/t18-,22+/m0/s1. The summed E-state index contributed by atoms with van der Waals surface area (Å²) in [5.41, 5.74) is 5.83. The number of likely N-dealkylation sites (tertiary alicyclic amines) is 1. The van der Waals surface area contributed by atoms with Gasteiger partial charge < -0.3 is 9.88 Å². The van der Waals surface area contributed by atoms with Gasteiger partial charge in [0.2, 0.25) is 5.91 Å². The third-order valence-corrected chi connectivity index (χ3v) is 6.24. The number of aromatic nitrogens is 2. The first-order valence-corrected chi connectivity index (χ1v) is 10.5. The first-order chi connectivity index (χ1) is 13.9. The monoisotopic (exact) mass is 390 g/mol.